The van der Waals surface area contributed by atoms with Crippen LogP contribution in [0.4, 0.5) is 0 Å². The van der Waals surface area contributed by atoms with Crippen molar-refractivity contribution in [2.45, 2.75) is 6.42 Å². The lowest BCUT2D eigenvalue weighted by Gasteiger charge is -2.08. The summed E-state index contributed by atoms with van der Waals surface area (Å²) in [4.78, 5) is 0. The van der Waals surface area contributed by atoms with E-state index in [2.05, 4.69) is 0 Å². The first-order valence-corrected chi connectivity index (χ1v) is 8.12. The van der Waals surface area contributed by atoms with Gasteiger partial charge in [0.05, 0.1) is 0 Å². The highest BCUT2D eigenvalue weighted by Crippen LogP contribution is 2.25. The van der Waals surface area contributed by atoms with Gasteiger partial charge in [-0.2, -0.15) is 0 Å². The van der Waals surface area contributed by atoms with Crippen LogP contribution in [0.25, 0.3) is 0 Å². The smallest absolute Gasteiger partial charge is 0.275 e. The van der Waals surface area contributed by atoms with Crippen molar-refractivity contribution < 1.29 is 14.2 Å². The second-order valence-electron chi connectivity index (χ2n) is 5.09. The van der Waals surface area contributed by atoms with E-state index >= 15 is 0 Å². The molecule has 0 bridgehead atoms. The van der Waals surface area contributed by atoms with Gasteiger partial charge in [-0.15, -0.1) is 0 Å². The van der Waals surface area contributed by atoms with Crippen LogP contribution in [0.15, 0.2) is 78.9 Å². The highest BCUT2D eigenvalue weighted by atomic mass is 31.1. The van der Waals surface area contributed by atoms with E-state index in [0.717, 1.165) is 23.5 Å². The third kappa shape index (κ3) is 4.73. The van der Waals surface area contributed by atoms with Crippen molar-refractivity contribution in [3.63, 3.8) is 0 Å². The molecule has 0 saturated carbocycles. The zero-order chi connectivity index (χ0) is 15.9. The Morgan fingerprint density at radius 1 is 0.652 bits per heavy atom. The SMILES string of the molecule is Oc1ccc(Cc2ccc(OPOc3ccccc3)cc2)cc1. The third-order valence-corrected chi connectivity index (χ3v) is 3.97. The van der Waals surface area contributed by atoms with Crippen molar-refractivity contribution in [2.75, 3.05) is 0 Å². The molecule has 1 N–H and O–H groups in total. The number of para-hydroxylation sites is 1. The normalized spacial score (nSPS) is 10.8. The van der Waals surface area contributed by atoms with Gasteiger partial charge in [0.1, 0.15) is 17.2 Å². The monoisotopic (exact) mass is 324 g/mol. The molecule has 0 heterocycles. The Hall–Kier alpha value is -2.51. The van der Waals surface area contributed by atoms with E-state index in [1.807, 2.05) is 66.7 Å². The Bertz CT molecular complexity index is 725. The molecule has 0 aromatic heterocycles. The third-order valence-electron chi connectivity index (χ3n) is 3.33. The summed E-state index contributed by atoms with van der Waals surface area (Å²) in [6, 6.07) is 24.8. The van der Waals surface area contributed by atoms with E-state index in [0.29, 0.717) is 0 Å². The number of phenols is 1. The van der Waals surface area contributed by atoms with Crippen molar-refractivity contribution >= 4 is 9.03 Å². The summed E-state index contributed by atoms with van der Waals surface area (Å²) >= 11 is 0. The first-order valence-electron chi connectivity index (χ1n) is 7.30. The molecule has 0 fully saturated rings. The van der Waals surface area contributed by atoms with Crippen LogP contribution in [-0.2, 0) is 6.42 Å². The van der Waals surface area contributed by atoms with E-state index in [-0.39, 0.29) is 14.8 Å². The van der Waals surface area contributed by atoms with E-state index in [1.165, 1.54) is 5.56 Å². The number of benzene rings is 3. The first-order chi connectivity index (χ1) is 11.3. The van der Waals surface area contributed by atoms with Crippen molar-refractivity contribution in [1.29, 1.82) is 0 Å². The van der Waals surface area contributed by atoms with Crippen LogP contribution < -0.4 is 9.05 Å². The maximum absolute atomic E-state index is 9.30. The van der Waals surface area contributed by atoms with E-state index in [4.69, 9.17) is 9.05 Å². The quantitative estimate of drug-likeness (QED) is 0.652. The second-order valence-corrected chi connectivity index (χ2v) is 5.66. The Morgan fingerprint density at radius 3 is 1.78 bits per heavy atom. The number of phenolic OH excluding ortho intramolecular Hbond substituents is 1. The molecule has 0 spiro atoms. The zero-order valence-corrected chi connectivity index (χ0v) is 13.5. The fourth-order valence-corrected chi connectivity index (χ4v) is 2.64. The van der Waals surface area contributed by atoms with Crippen LogP contribution in [0.2, 0.25) is 0 Å². The molecule has 23 heavy (non-hydrogen) atoms. The molecule has 3 aromatic carbocycles. The summed E-state index contributed by atoms with van der Waals surface area (Å²) in [5.74, 6) is 1.88. The molecule has 0 radical (unpaired) electrons. The summed E-state index contributed by atoms with van der Waals surface area (Å²) in [7, 11) is -0.0719. The van der Waals surface area contributed by atoms with Gasteiger partial charge in [-0.25, -0.2) is 0 Å². The summed E-state index contributed by atoms with van der Waals surface area (Å²) in [6.45, 7) is 0. The van der Waals surface area contributed by atoms with Crippen molar-refractivity contribution in [3.8, 4) is 17.2 Å². The summed E-state index contributed by atoms with van der Waals surface area (Å²) < 4.78 is 11.1. The second kappa shape index (κ2) is 7.66. The molecular weight excluding hydrogens is 307 g/mol. The molecular formula is C19H17O3P. The Labute approximate surface area is 137 Å². The Kier molecular flexibility index (Phi) is 5.13. The van der Waals surface area contributed by atoms with Crippen LogP contribution in [0.3, 0.4) is 0 Å². The van der Waals surface area contributed by atoms with E-state index in [9.17, 15) is 5.11 Å². The molecule has 0 aliphatic rings. The number of aromatic hydroxyl groups is 1. The van der Waals surface area contributed by atoms with Crippen LogP contribution in [-0.4, -0.2) is 5.11 Å². The summed E-state index contributed by atoms with van der Waals surface area (Å²) in [6.07, 6.45) is 0.823. The van der Waals surface area contributed by atoms with Gasteiger partial charge >= 0.3 is 0 Å². The molecule has 1 atom stereocenters. The number of hydrogen-bond donors (Lipinski definition) is 1. The van der Waals surface area contributed by atoms with Gasteiger partial charge in [0.15, 0.2) is 0 Å². The first kappa shape index (κ1) is 15.4. The average molecular weight is 324 g/mol. The largest absolute Gasteiger partial charge is 0.508 e. The van der Waals surface area contributed by atoms with Gasteiger partial charge in [0.2, 0.25) is 0 Å². The van der Waals surface area contributed by atoms with Crippen LogP contribution in [0.5, 0.6) is 17.2 Å². The molecule has 0 amide bonds. The van der Waals surface area contributed by atoms with Gasteiger partial charge < -0.3 is 14.2 Å². The summed E-state index contributed by atoms with van der Waals surface area (Å²) in [5.41, 5.74) is 2.35. The maximum atomic E-state index is 9.30. The number of rotatable bonds is 6. The molecule has 3 nitrogen and oxygen atoms in total. The van der Waals surface area contributed by atoms with Gasteiger partial charge in [-0.3, -0.25) is 0 Å². The minimum Gasteiger partial charge on any atom is -0.508 e. The summed E-state index contributed by atoms with van der Waals surface area (Å²) in [5, 5.41) is 9.30. The lowest BCUT2D eigenvalue weighted by atomic mass is 10.1. The average Bonchev–Trinajstić information content (AvgIpc) is 2.59. The number of hydrogen-bond acceptors (Lipinski definition) is 3. The van der Waals surface area contributed by atoms with Gasteiger partial charge in [-0.1, -0.05) is 42.5 Å². The fourth-order valence-electron chi connectivity index (χ4n) is 2.13. The van der Waals surface area contributed by atoms with Crippen molar-refractivity contribution in [1.82, 2.24) is 0 Å². The van der Waals surface area contributed by atoms with Crippen molar-refractivity contribution in [2.24, 2.45) is 0 Å². The molecule has 4 heteroatoms. The molecule has 0 aliphatic heterocycles. The highest BCUT2D eigenvalue weighted by Gasteiger charge is 2.00. The predicted molar refractivity (Wildman–Crippen MR) is 93.4 cm³/mol. The molecule has 3 rings (SSSR count). The highest BCUT2D eigenvalue weighted by molar-refractivity contribution is 7.27. The molecule has 116 valence electrons. The van der Waals surface area contributed by atoms with Gasteiger partial charge in [-0.05, 0) is 53.9 Å². The lowest BCUT2D eigenvalue weighted by Crippen LogP contribution is -1.89. The fraction of sp³-hybridized carbons (Fsp3) is 0.0526. The van der Waals surface area contributed by atoms with Crippen LogP contribution in [0, 0.1) is 0 Å². The Balaban J connectivity index is 1.51. The minimum atomic E-state index is -0.0719. The molecule has 0 aliphatic carbocycles. The lowest BCUT2D eigenvalue weighted by molar-refractivity contribution is 0.475. The Morgan fingerprint density at radius 2 is 1.17 bits per heavy atom. The molecule has 1 unspecified atom stereocenters. The van der Waals surface area contributed by atoms with Crippen LogP contribution in [0.1, 0.15) is 11.1 Å². The predicted octanol–water partition coefficient (Wildman–Crippen LogP) is 4.95. The van der Waals surface area contributed by atoms with Gasteiger partial charge in [0, 0.05) is 0 Å². The van der Waals surface area contributed by atoms with E-state index < -0.39 is 0 Å². The minimum absolute atomic E-state index is 0.0719. The zero-order valence-electron chi connectivity index (χ0n) is 12.5. The molecule has 0 saturated heterocycles. The van der Waals surface area contributed by atoms with Crippen molar-refractivity contribution in [3.05, 3.63) is 90.0 Å². The maximum Gasteiger partial charge on any atom is 0.275 e. The topological polar surface area (TPSA) is 38.7 Å². The van der Waals surface area contributed by atoms with Gasteiger partial charge in [0.25, 0.3) is 9.03 Å². The van der Waals surface area contributed by atoms with Crippen LogP contribution >= 0.6 is 9.03 Å². The van der Waals surface area contributed by atoms with E-state index in [1.54, 1.807) is 12.1 Å². The standard InChI is InChI=1S/C19H17O3P/c20-17-10-6-15(7-11-17)14-16-8-12-19(13-9-16)22-23-21-18-4-2-1-3-5-18/h1-13,20,23H,14H2. The molecule has 3 aromatic rings.